The predicted molar refractivity (Wildman–Crippen MR) is 69.6 cm³/mol. The van der Waals surface area contributed by atoms with Gasteiger partial charge in [-0.25, -0.2) is 4.98 Å². The molecular weight excluding hydrogens is 254 g/mol. The summed E-state index contributed by atoms with van der Waals surface area (Å²) in [6, 6.07) is 1.75. The number of nitrogen functional groups attached to an aromatic ring is 1. The van der Waals surface area contributed by atoms with Crippen LogP contribution < -0.4 is 5.73 Å². The minimum atomic E-state index is -0.147. The van der Waals surface area contributed by atoms with Crippen molar-refractivity contribution in [3.05, 3.63) is 23.0 Å². The summed E-state index contributed by atoms with van der Waals surface area (Å²) in [5, 5.41) is 0.188. The molecule has 0 atom stereocenters. The third-order valence-electron chi connectivity index (χ3n) is 3.15. The Hall–Kier alpha value is -1.33. The first-order valence-electron chi connectivity index (χ1n) is 5.85. The van der Waals surface area contributed by atoms with E-state index in [2.05, 4.69) is 4.98 Å². The van der Waals surface area contributed by atoms with Crippen LogP contribution >= 0.6 is 11.6 Å². The fourth-order valence-electron chi connectivity index (χ4n) is 2.04. The Morgan fingerprint density at radius 3 is 2.89 bits per heavy atom. The summed E-state index contributed by atoms with van der Waals surface area (Å²) >= 11 is 5.94. The molecule has 6 heteroatoms. The van der Waals surface area contributed by atoms with Gasteiger partial charge < -0.3 is 15.4 Å². The van der Waals surface area contributed by atoms with Crippen LogP contribution in [0.4, 0.5) is 5.69 Å². The van der Waals surface area contributed by atoms with Gasteiger partial charge in [0.05, 0.1) is 17.4 Å². The van der Waals surface area contributed by atoms with E-state index in [4.69, 9.17) is 22.1 Å². The van der Waals surface area contributed by atoms with Crippen molar-refractivity contribution in [2.24, 2.45) is 0 Å². The lowest BCUT2D eigenvalue weighted by molar-refractivity contribution is 0.0362. The summed E-state index contributed by atoms with van der Waals surface area (Å²) in [5.74, 6) is -0.147. The van der Waals surface area contributed by atoms with E-state index in [9.17, 15) is 4.79 Å². The molecule has 1 saturated heterocycles. The van der Waals surface area contributed by atoms with Crippen LogP contribution in [0.5, 0.6) is 0 Å². The Kier molecular flexibility index (Phi) is 4.04. The predicted octanol–water partition coefficient (Wildman–Crippen LogP) is 1.57. The molecule has 1 fully saturated rings. The van der Waals surface area contributed by atoms with Crippen LogP contribution in [-0.4, -0.2) is 42.1 Å². The van der Waals surface area contributed by atoms with Gasteiger partial charge in [-0.1, -0.05) is 11.6 Å². The van der Waals surface area contributed by atoms with E-state index >= 15 is 0 Å². The maximum absolute atomic E-state index is 12.3. The van der Waals surface area contributed by atoms with Gasteiger partial charge in [-0.15, -0.1) is 0 Å². The molecule has 0 spiro atoms. The number of carbonyl (C=O) groups is 1. The van der Waals surface area contributed by atoms with E-state index in [0.717, 1.165) is 12.8 Å². The fraction of sp³-hybridized carbons (Fsp3) is 0.500. The molecule has 0 aromatic carbocycles. The molecule has 0 aliphatic carbocycles. The van der Waals surface area contributed by atoms with Crippen LogP contribution in [0.1, 0.15) is 23.2 Å². The summed E-state index contributed by atoms with van der Waals surface area (Å²) in [7, 11) is 1.78. The Labute approximate surface area is 111 Å². The molecule has 1 aliphatic heterocycles. The van der Waals surface area contributed by atoms with Gasteiger partial charge in [0.1, 0.15) is 5.15 Å². The number of pyridine rings is 1. The smallest absolute Gasteiger partial charge is 0.257 e. The molecule has 98 valence electrons. The second kappa shape index (κ2) is 5.54. The van der Waals surface area contributed by atoms with Crippen molar-refractivity contribution in [1.29, 1.82) is 0 Å². The SMILES string of the molecule is CN(C(=O)c1cc(N)cnc1Cl)C1CCOCC1. The van der Waals surface area contributed by atoms with Crippen molar-refractivity contribution in [3.8, 4) is 0 Å². The quantitative estimate of drug-likeness (QED) is 0.828. The van der Waals surface area contributed by atoms with Crippen molar-refractivity contribution in [2.75, 3.05) is 26.0 Å². The first-order chi connectivity index (χ1) is 8.59. The topological polar surface area (TPSA) is 68.5 Å². The third-order valence-corrected chi connectivity index (χ3v) is 3.45. The van der Waals surface area contributed by atoms with Crippen molar-refractivity contribution < 1.29 is 9.53 Å². The number of anilines is 1. The summed E-state index contributed by atoms with van der Waals surface area (Å²) < 4.78 is 5.28. The highest BCUT2D eigenvalue weighted by atomic mass is 35.5. The maximum atomic E-state index is 12.3. The largest absolute Gasteiger partial charge is 0.397 e. The molecule has 0 bridgehead atoms. The van der Waals surface area contributed by atoms with Crippen LogP contribution in [0.3, 0.4) is 0 Å². The molecule has 18 heavy (non-hydrogen) atoms. The maximum Gasteiger partial charge on any atom is 0.257 e. The average Bonchev–Trinajstić information content (AvgIpc) is 2.41. The zero-order chi connectivity index (χ0) is 13.1. The number of ether oxygens (including phenoxy) is 1. The van der Waals surface area contributed by atoms with Gasteiger partial charge in [-0.05, 0) is 18.9 Å². The first kappa shape index (κ1) is 13.1. The highest BCUT2D eigenvalue weighted by Crippen LogP contribution is 2.20. The number of nitrogens with two attached hydrogens (primary N) is 1. The number of amides is 1. The van der Waals surface area contributed by atoms with Crippen molar-refractivity contribution in [2.45, 2.75) is 18.9 Å². The van der Waals surface area contributed by atoms with E-state index in [0.29, 0.717) is 24.5 Å². The van der Waals surface area contributed by atoms with Crippen LogP contribution in [0, 0.1) is 0 Å². The molecule has 5 nitrogen and oxygen atoms in total. The first-order valence-corrected chi connectivity index (χ1v) is 6.23. The number of rotatable bonds is 2. The van der Waals surface area contributed by atoms with Gasteiger partial charge in [-0.3, -0.25) is 4.79 Å². The zero-order valence-electron chi connectivity index (χ0n) is 10.2. The lowest BCUT2D eigenvalue weighted by Gasteiger charge is -2.31. The Bertz CT molecular complexity index is 447. The summed E-state index contributed by atoms with van der Waals surface area (Å²) in [4.78, 5) is 17.9. The fourth-order valence-corrected chi connectivity index (χ4v) is 2.23. The number of aromatic nitrogens is 1. The van der Waals surface area contributed by atoms with Gasteiger partial charge in [0.2, 0.25) is 0 Å². The molecule has 1 aliphatic rings. The molecule has 0 radical (unpaired) electrons. The average molecular weight is 270 g/mol. The second-order valence-electron chi connectivity index (χ2n) is 4.37. The van der Waals surface area contributed by atoms with E-state index in [-0.39, 0.29) is 17.1 Å². The lowest BCUT2D eigenvalue weighted by atomic mass is 10.1. The molecule has 2 N–H and O–H groups in total. The molecular formula is C12H16ClN3O2. The molecule has 1 aromatic heterocycles. The van der Waals surface area contributed by atoms with Crippen LogP contribution in [0.2, 0.25) is 5.15 Å². The molecule has 2 rings (SSSR count). The Morgan fingerprint density at radius 1 is 1.56 bits per heavy atom. The number of carbonyl (C=O) groups excluding carboxylic acids is 1. The van der Waals surface area contributed by atoms with Crippen LogP contribution in [-0.2, 0) is 4.74 Å². The lowest BCUT2D eigenvalue weighted by Crippen LogP contribution is -2.40. The third kappa shape index (κ3) is 2.73. The van der Waals surface area contributed by atoms with Crippen molar-refractivity contribution >= 4 is 23.2 Å². The van der Waals surface area contributed by atoms with Gasteiger partial charge in [0.25, 0.3) is 5.91 Å². The van der Waals surface area contributed by atoms with Crippen LogP contribution in [0.25, 0.3) is 0 Å². The van der Waals surface area contributed by atoms with Crippen molar-refractivity contribution in [1.82, 2.24) is 9.88 Å². The van der Waals surface area contributed by atoms with Gasteiger partial charge in [0, 0.05) is 26.3 Å². The standard InChI is InChI=1S/C12H16ClN3O2/c1-16(9-2-4-18-5-3-9)12(17)10-6-8(14)7-15-11(10)13/h6-7,9H,2-5,14H2,1H3. The van der Waals surface area contributed by atoms with Gasteiger partial charge >= 0.3 is 0 Å². The second-order valence-corrected chi connectivity index (χ2v) is 4.72. The molecule has 1 amide bonds. The number of halogens is 1. The van der Waals surface area contributed by atoms with E-state index < -0.39 is 0 Å². The van der Waals surface area contributed by atoms with Gasteiger partial charge in [0.15, 0.2) is 0 Å². The Balaban J connectivity index is 2.16. The number of hydrogen-bond acceptors (Lipinski definition) is 4. The minimum Gasteiger partial charge on any atom is -0.397 e. The highest BCUT2D eigenvalue weighted by molar-refractivity contribution is 6.32. The van der Waals surface area contributed by atoms with E-state index in [1.165, 1.54) is 6.20 Å². The van der Waals surface area contributed by atoms with Crippen LogP contribution in [0.15, 0.2) is 12.3 Å². The normalized spacial score (nSPS) is 16.6. The summed E-state index contributed by atoms with van der Waals surface area (Å²) in [5.41, 5.74) is 6.42. The number of hydrogen-bond donors (Lipinski definition) is 1. The Morgan fingerprint density at radius 2 is 2.22 bits per heavy atom. The molecule has 0 unspecified atom stereocenters. The molecule has 0 saturated carbocycles. The summed E-state index contributed by atoms with van der Waals surface area (Å²) in [6.07, 6.45) is 3.12. The van der Waals surface area contributed by atoms with E-state index in [1.807, 2.05) is 0 Å². The highest BCUT2D eigenvalue weighted by Gasteiger charge is 2.25. The monoisotopic (exact) mass is 269 g/mol. The number of nitrogens with zero attached hydrogens (tertiary/aromatic N) is 2. The minimum absolute atomic E-state index is 0.147. The molecule has 1 aromatic rings. The molecule has 2 heterocycles. The van der Waals surface area contributed by atoms with Gasteiger partial charge in [-0.2, -0.15) is 0 Å². The van der Waals surface area contributed by atoms with E-state index in [1.54, 1.807) is 18.0 Å². The zero-order valence-corrected chi connectivity index (χ0v) is 11.0. The van der Waals surface area contributed by atoms with Crippen molar-refractivity contribution in [3.63, 3.8) is 0 Å². The summed E-state index contributed by atoms with van der Waals surface area (Å²) in [6.45, 7) is 1.37.